The van der Waals surface area contributed by atoms with Gasteiger partial charge in [0.1, 0.15) is 0 Å². The zero-order valence-electron chi connectivity index (χ0n) is 13.6. The van der Waals surface area contributed by atoms with E-state index in [0.717, 1.165) is 40.1 Å². The van der Waals surface area contributed by atoms with Crippen LogP contribution in [0.1, 0.15) is 0 Å². The molecule has 0 aliphatic heterocycles. The SMILES string of the molecule is COCCN(CCOC)c1ccc(N)c(-c2ccc(Br)cc2)c1. The smallest absolute Gasteiger partial charge is 0.0637 e. The molecule has 124 valence electrons. The number of halogens is 1. The first kappa shape index (κ1) is 17.8. The Morgan fingerprint density at radius 3 is 2.13 bits per heavy atom. The molecule has 0 atom stereocenters. The van der Waals surface area contributed by atoms with Crippen LogP contribution < -0.4 is 10.6 Å². The lowest BCUT2D eigenvalue weighted by atomic mass is 10.0. The Morgan fingerprint density at radius 1 is 0.957 bits per heavy atom. The van der Waals surface area contributed by atoms with Crippen molar-refractivity contribution >= 4 is 27.3 Å². The summed E-state index contributed by atoms with van der Waals surface area (Å²) < 4.78 is 11.5. The van der Waals surface area contributed by atoms with E-state index >= 15 is 0 Å². The van der Waals surface area contributed by atoms with Gasteiger partial charge in [0.25, 0.3) is 0 Å². The first-order valence-electron chi connectivity index (χ1n) is 7.54. The van der Waals surface area contributed by atoms with Crippen LogP contribution >= 0.6 is 15.9 Å². The normalized spacial score (nSPS) is 10.7. The summed E-state index contributed by atoms with van der Waals surface area (Å²) >= 11 is 3.46. The van der Waals surface area contributed by atoms with E-state index in [1.807, 2.05) is 24.3 Å². The van der Waals surface area contributed by atoms with Crippen molar-refractivity contribution in [2.24, 2.45) is 0 Å². The average molecular weight is 379 g/mol. The molecule has 2 N–H and O–H groups in total. The van der Waals surface area contributed by atoms with Crippen molar-refractivity contribution in [1.82, 2.24) is 0 Å². The van der Waals surface area contributed by atoms with Gasteiger partial charge in [-0.1, -0.05) is 28.1 Å². The number of benzene rings is 2. The highest BCUT2D eigenvalue weighted by molar-refractivity contribution is 9.10. The third kappa shape index (κ3) is 4.96. The Balaban J connectivity index is 2.31. The molecule has 23 heavy (non-hydrogen) atoms. The van der Waals surface area contributed by atoms with Gasteiger partial charge in [-0.2, -0.15) is 0 Å². The average Bonchev–Trinajstić information content (AvgIpc) is 2.57. The molecule has 0 aliphatic rings. The predicted molar refractivity (Wildman–Crippen MR) is 100.0 cm³/mol. The molecule has 0 aromatic heterocycles. The van der Waals surface area contributed by atoms with Gasteiger partial charge in [-0.15, -0.1) is 0 Å². The van der Waals surface area contributed by atoms with Gasteiger partial charge in [-0.25, -0.2) is 0 Å². The van der Waals surface area contributed by atoms with Crippen LogP contribution in [0.4, 0.5) is 11.4 Å². The van der Waals surface area contributed by atoms with Gasteiger partial charge in [0, 0.05) is 48.7 Å². The zero-order chi connectivity index (χ0) is 16.7. The van der Waals surface area contributed by atoms with Crippen molar-refractivity contribution in [2.45, 2.75) is 0 Å². The molecule has 2 rings (SSSR count). The van der Waals surface area contributed by atoms with Crippen LogP contribution in [0.25, 0.3) is 11.1 Å². The van der Waals surface area contributed by atoms with Crippen molar-refractivity contribution in [3.63, 3.8) is 0 Å². The van der Waals surface area contributed by atoms with Crippen LogP contribution in [0, 0.1) is 0 Å². The Morgan fingerprint density at radius 2 is 1.57 bits per heavy atom. The minimum absolute atomic E-state index is 0.668. The fourth-order valence-electron chi connectivity index (χ4n) is 2.39. The van der Waals surface area contributed by atoms with Crippen LogP contribution in [-0.2, 0) is 9.47 Å². The summed E-state index contributed by atoms with van der Waals surface area (Å²) in [5.74, 6) is 0. The molecule has 0 aliphatic carbocycles. The van der Waals surface area contributed by atoms with Crippen molar-refractivity contribution in [2.75, 3.05) is 51.2 Å². The van der Waals surface area contributed by atoms with Crippen molar-refractivity contribution in [1.29, 1.82) is 0 Å². The molecule has 0 amide bonds. The topological polar surface area (TPSA) is 47.7 Å². The summed E-state index contributed by atoms with van der Waals surface area (Å²) in [4.78, 5) is 2.24. The van der Waals surface area contributed by atoms with Crippen LogP contribution in [0.15, 0.2) is 46.9 Å². The molecule has 0 saturated carbocycles. The van der Waals surface area contributed by atoms with Gasteiger partial charge < -0.3 is 20.1 Å². The molecule has 2 aromatic carbocycles. The van der Waals surface area contributed by atoms with Gasteiger partial charge in [0.05, 0.1) is 13.2 Å². The highest BCUT2D eigenvalue weighted by Crippen LogP contribution is 2.31. The van der Waals surface area contributed by atoms with Gasteiger partial charge in [0.2, 0.25) is 0 Å². The van der Waals surface area contributed by atoms with E-state index in [-0.39, 0.29) is 0 Å². The quantitative estimate of drug-likeness (QED) is 0.709. The number of hydrogen-bond acceptors (Lipinski definition) is 4. The Hall–Kier alpha value is -1.56. The second-order valence-electron chi connectivity index (χ2n) is 5.25. The molecule has 4 nitrogen and oxygen atoms in total. The number of nitrogen functional groups attached to an aromatic ring is 1. The zero-order valence-corrected chi connectivity index (χ0v) is 15.2. The maximum atomic E-state index is 6.18. The largest absolute Gasteiger partial charge is 0.398 e. The lowest BCUT2D eigenvalue weighted by Gasteiger charge is -2.25. The predicted octanol–water partition coefficient (Wildman–Crippen LogP) is 3.80. The molecule has 5 heteroatoms. The highest BCUT2D eigenvalue weighted by Gasteiger charge is 2.10. The maximum Gasteiger partial charge on any atom is 0.0637 e. The minimum Gasteiger partial charge on any atom is -0.398 e. The Labute approximate surface area is 146 Å². The summed E-state index contributed by atoms with van der Waals surface area (Å²) in [5.41, 5.74) is 10.2. The second-order valence-corrected chi connectivity index (χ2v) is 6.17. The maximum absolute atomic E-state index is 6.18. The summed E-state index contributed by atoms with van der Waals surface area (Å²) in [5, 5.41) is 0. The Bertz CT molecular complexity index is 609. The third-order valence-electron chi connectivity index (χ3n) is 3.69. The monoisotopic (exact) mass is 378 g/mol. The van der Waals surface area contributed by atoms with Crippen LogP contribution in [-0.4, -0.2) is 40.5 Å². The van der Waals surface area contributed by atoms with Crippen LogP contribution in [0.3, 0.4) is 0 Å². The first-order chi connectivity index (χ1) is 11.2. The second kappa shape index (κ2) is 8.91. The molecule has 0 saturated heterocycles. The number of methoxy groups -OCH3 is 2. The van der Waals surface area contributed by atoms with E-state index in [0.29, 0.717) is 13.2 Å². The third-order valence-corrected chi connectivity index (χ3v) is 4.22. The summed E-state index contributed by atoms with van der Waals surface area (Å²) in [6.45, 7) is 2.95. The minimum atomic E-state index is 0.668. The van der Waals surface area contributed by atoms with E-state index in [4.69, 9.17) is 15.2 Å². The number of nitrogens with zero attached hydrogens (tertiary/aromatic N) is 1. The summed E-state index contributed by atoms with van der Waals surface area (Å²) in [6.07, 6.45) is 0. The lowest BCUT2D eigenvalue weighted by Crippen LogP contribution is -2.30. The van der Waals surface area contributed by atoms with Gasteiger partial charge in [-0.3, -0.25) is 0 Å². The molecule has 0 spiro atoms. The van der Waals surface area contributed by atoms with E-state index in [9.17, 15) is 0 Å². The fraction of sp³-hybridized carbons (Fsp3) is 0.333. The van der Waals surface area contributed by atoms with E-state index in [1.54, 1.807) is 14.2 Å². The van der Waals surface area contributed by atoms with Gasteiger partial charge in [0.15, 0.2) is 0 Å². The van der Waals surface area contributed by atoms with Crippen molar-refractivity contribution < 1.29 is 9.47 Å². The van der Waals surface area contributed by atoms with E-state index in [1.165, 1.54) is 0 Å². The highest BCUT2D eigenvalue weighted by atomic mass is 79.9. The summed E-state index contributed by atoms with van der Waals surface area (Å²) in [7, 11) is 3.43. The van der Waals surface area contributed by atoms with Gasteiger partial charge in [-0.05, 0) is 35.9 Å². The van der Waals surface area contributed by atoms with Crippen LogP contribution in [0.2, 0.25) is 0 Å². The lowest BCUT2D eigenvalue weighted by molar-refractivity contribution is 0.190. The summed E-state index contributed by atoms with van der Waals surface area (Å²) in [6, 6.07) is 14.3. The number of nitrogens with two attached hydrogens (primary N) is 1. The molecule has 0 fully saturated rings. The molecule has 0 unspecified atom stereocenters. The van der Waals surface area contributed by atoms with E-state index in [2.05, 4.69) is 39.0 Å². The fourth-order valence-corrected chi connectivity index (χ4v) is 2.66. The molecule has 0 bridgehead atoms. The number of ether oxygens (including phenoxy) is 2. The Kier molecular flexibility index (Phi) is 6.89. The molecule has 2 aromatic rings. The first-order valence-corrected chi connectivity index (χ1v) is 8.33. The standard InChI is InChI=1S/C18H23BrN2O2/c1-22-11-9-21(10-12-23-2)16-7-8-18(20)17(13-16)14-3-5-15(19)6-4-14/h3-8,13H,9-12,20H2,1-2H3. The number of anilines is 2. The van der Waals surface area contributed by atoms with Gasteiger partial charge >= 0.3 is 0 Å². The van der Waals surface area contributed by atoms with Crippen molar-refractivity contribution in [3.8, 4) is 11.1 Å². The molecular formula is C18H23BrN2O2. The van der Waals surface area contributed by atoms with Crippen LogP contribution in [0.5, 0.6) is 0 Å². The molecular weight excluding hydrogens is 356 g/mol. The number of rotatable bonds is 8. The van der Waals surface area contributed by atoms with E-state index < -0.39 is 0 Å². The molecule has 0 heterocycles. The molecule has 0 radical (unpaired) electrons. The van der Waals surface area contributed by atoms with Crippen molar-refractivity contribution in [3.05, 3.63) is 46.9 Å². The number of hydrogen-bond donors (Lipinski definition) is 1.